The molecule has 0 spiro atoms. The zero-order valence-corrected chi connectivity index (χ0v) is 10.4. The number of aliphatic hydroxyl groups excluding tert-OH is 1. The molecule has 1 aromatic carbocycles. The van der Waals surface area contributed by atoms with Crippen molar-refractivity contribution in [2.45, 2.75) is 25.5 Å². The summed E-state index contributed by atoms with van der Waals surface area (Å²) in [4.78, 5) is 0. The van der Waals surface area contributed by atoms with E-state index in [0.717, 1.165) is 5.56 Å². The second kappa shape index (κ2) is 7.27. The van der Waals surface area contributed by atoms with Crippen LogP contribution in [0.5, 0.6) is 5.75 Å². The smallest absolute Gasteiger partial charge is 0.120 e. The van der Waals surface area contributed by atoms with Crippen LogP contribution in [0, 0.1) is 0 Å². The van der Waals surface area contributed by atoms with Gasteiger partial charge in [-0.25, -0.2) is 0 Å². The molecule has 2 unspecified atom stereocenters. The van der Waals surface area contributed by atoms with Gasteiger partial charge in [0, 0.05) is 18.7 Å². The zero-order chi connectivity index (χ0) is 12.7. The molecular weight excluding hydrogens is 218 g/mol. The van der Waals surface area contributed by atoms with E-state index in [4.69, 9.17) is 4.74 Å². The first-order valence-corrected chi connectivity index (χ1v) is 5.83. The second-order valence-electron chi connectivity index (χ2n) is 4.13. The maximum atomic E-state index is 9.66. The fourth-order valence-corrected chi connectivity index (χ4v) is 1.71. The number of methoxy groups -OCH3 is 1. The van der Waals surface area contributed by atoms with Gasteiger partial charge < -0.3 is 20.3 Å². The molecule has 0 aliphatic heterocycles. The molecule has 0 aliphatic rings. The van der Waals surface area contributed by atoms with Crippen molar-refractivity contribution in [1.82, 2.24) is 5.32 Å². The fraction of sp³-hybridized carbons (Fsp3) is 0.538. The van der Waals surface area contributed by atoms with Crippen LogP contribution in [0.3, 0.4) is 0 Å². The number of benzene rings is 1. The first-order chi connectivity index (χ1) is 8.15. The van der Waals surface area contributed by atoms with Gasteiger partial charge in [0.1, 0.15) is 5.75 Å². The number of hydrogen-bond acceptors (Lipinski definition) is 4. The second-order valence-corrected chi connectivity index (χ2v) is 4.13. The molecule has 3 N–H and O–H groups in total. The molecule has 0 saturated heterocycles. The van der Waals surface area contributed by atoms with E-state index in [2.05, 4.69) is 5.32 Å². The minimum atomic E-state index is -0.441. The molecule has 1 aromatic rings. The Balaban J connectivity index is 2.35. The number of nitrogens with one attached hydrogen (secondary N) is 1. The van der Waals surface area contributed by atoms with E-state index >= 15 is 0 Å². The predicted molar refractivity (Wildman–Crippen MR) is 67.0 cm³/mol. The van der Waals surface area contributed by atoms with E-state index in [1.165, 1.54) is 0 Å². The Morgan fingerprint density at radius 2 is 2.06 bits per heavy atom. The van der Waals surface area contributed by atoms with E-state index in [-0.39, 0.29) is 6.04 Å². The van der Waals surface area contributed by atoms with Gasteiger partial charge in [-0.3, -0.25) is 0 Å². The van der Waals surface area contributed by atoms with Crippen LogP contribution in [0.25, 0.3) is 0 Å². The SMILES string of the molecule is COCC(O)CCNC(C)c1ccccc1O. The third-order valence-electron chi connectivity index (χ3n) is 2.69. The molecule has 0 bridgehead atoms. The molecule has 4 heteroatoms. The molecule has 0 heterocycles. The molecule has 0 aliphatic carbocycles. The average molecular weight is 239 g/mol. The van der Waals surface area contributed by atoms with Gasteiger partial charge >= 0.3 is 0 Å². The van der Waals surface area contributed by atoms with E-state index in [1.54, 1.807) is 19.2 Å². The number of aliphatic hydroxyl groups is 1. The molecular formula is C13H21NO3. The van der Waals surface area contributed by atoms with Gasteiger partial charge in [0.2, 0.25) is 0 Å². The Kier molecular flexibility index (Phi) is 5.97. The third-order valence-corrected chi connectivity index (χ3v) is 2.69. The fourth-order valence-electron chi connectivity index (χ4n) is 1.71. The molecule has 0 saturated carbocycles. The highest BCUT2D eigenvalue weighted by molar-refractivity contribution is 5.34. The van der Waals surface area contributed by atoms with Crippen LogP contribution in [-0.4, -0.2) is 36.6 Å². The van der Waals surface area contributed by atoms with Gasteiger partial charge in [-0.05, 0) is 26.0 Å². The topological polar surface area (TPSA) is 61.7 Å². The van der Waals surface area contributed by atoms with Crippen LogP contribution in [-0.2, 0) is 4.74 Å². The Morgan fingerprint density at radius 1 is 1.35 bits per heavy atom. The Hall–Kier alpha value is -1.10. The maximum Gasteiger partial charge on any atom is 0.120 e. The van der Waals surface area contributed by atoms with Gasteiger partial charge in [-0.15, -0.1) is 0 Å². The standard InChI is InChI=1S/C13H21NO3/c1-10(12-5-3-4-6-13(12)16)14-8-7-11(15)9-17-2/h3-6,10-11,14-16H,7-9H2,1-2H3. The van der Waals surface area contributed by atoms with Gasteiger partial charge in [0.25, 0.3) is 0 Å². The quantitative estimate of drug-likeness (QED) is 0.674. The first-order valence-electron chi connectivity index (χ1n) is 5.83. The van der Waals surface area contributed by atoms with Crippen molar-refractivity contribution in [1.29, 1.82) is 0 Å². The summed E-state index contributed by atoms with van der Waals surface area (Å²) in [6.07, 6.45) is 0.190. The Morgan fingerprint density at radius 3 is 2.71 bits per heavy atom. The summed E-state index contributed by atoms with van der Waals surface area (Å²) >= 11 is 0. The van der Waals surface area contributed by atoms with Crippen molar-refractivity contribution >= 4 is 0 Å². The minimum absolute atomic E-state index is 0.0611. The molecule has 17 heavy (non-hydrogen) atoms. The maximum absolute atomic E-state index is 9.66. The lowest BCUT2D eigenvalue weighted by Gasteiger charge is -2.16. The van der Waals surface area contributed by atoms with E-state index in [1.807, 2.05) is 19.1 Å². The number of ether oxygens (including phenoxy) is 1. The number of rotatable bonds is 7. The Labute approximate surface area is 102 Å². The molecule has 0 fully saturated rings. The number of aromatic hydroxyl groups is 1. The largest absolute Gasteiger partial charge is 0.508 e. The summed E-state index contributed by atoms with van der Waals surface area (Å²) in [7, 11) is 1.57. The minimum Gasteiger partial charge on any atom is -0.508 e. The van der Waals surface area contributed by atoms with Crippen LogP contribution in [0.2, 0.25) is 0 Å². The molecule has 1 rings (SSSR count). The summed E-state index contributed by atoms with van der Waals surface area (Å²) in [6.45, 7) is 3.02. The number of hydrogen-bond donors (Lipinski definition) is 3. The molecule has 0 amide bonds. The lowest BCUT2D eigenvalue weighted by atomic mass is 10.1. The Bertz CT molecular complexity index is 330. The van der Waals surface area contributed by atoms with Crippen molar-refractivity contribution in [2.75, 3.05) is 20.3 Å². The van der Waals surface area contributed by atoms with Crippen molar-refractivity contribution in [3.05, 3.63) is 29.8 Å². The normalized spacial score (nSPS) is 14.5. The summed E-state index contributed by atoms with van der Waals surface area (Å²) < 4.78 is 4.85. The van der Waals surface area contributed by atoms with E-state index in [0.29, 0.717) is 25.3 Å². The van der Waals surface area contributed by atoms with Crippen LogP contribution in [0.1, 0.15) is 24.9 Å². The lowest BCUT2D eigenvalue weighted by molar-refractivity contribution is 0.0590. The number of para-hydroxylation sites is 1. The number of phenolic OH excluding ortho intramolecular Hbond substituents is 1. The first kappa shape index (κ1) is 14.0. The summed E-state index contributed by atoms with van der Waals surface area (Å²) in [5.74, 6) is 0.296. The summed E-state index contributed by atoms with van der Waals surface area (Å²) in [5, 5.41) is 22.4. The number of phenols is 1. The van der Waals surface area contributed by atoms with Crippen molar-refractivity contribution in [3.63, 3.8) is 0 Å². The van der Waals surface area contributed by atoms with Crippen LogP contribution >= 0.6 is 0 Å². The monoisotopic (exact) mass is 239 g/mol. The molecule has 0 radical (unpaired) electrons. The average Bonchev–Trinajstić information content (AvgIpc) is 2.29. The van der Waals surface area contributed by atoms with Crippen molar-refractivity contribution < 1.29 is 14.9 Å². The van der Waals surface area contributed by atoms with E-state index in [9.17, 15) is 10.2 Å². The van der Waals surface area contributed by atoms with Gasteiger partial charge in [0.05, 0.1) is 12.7 Å². The molecule has 0 aromatic heterocycles. The molecule has 4 nitrogen and oxygen atoms in total. The highest BCUT2D eigenvalue weighted by atomic mass is 16.5. The third kappa shape index (κ3) is 4.73. The zero-order valence-electron chi connectivity index (χ0n) is 10.4. The van der Waals surface area contributed by atoms with Crippen molar-refractivity contribution in [2.24, 2.45) is 0 Å². The van der Waals surface area contributed by atoms with Gasteiger partial charge in [-0.2, -0.15) is 0 Å². The lowest BCUT2D eigenvalue weighted by Crippen LogP contribution is -2.25. The van der Waals surface area contributed by atoms with Gasteiger partial charge in [-0.1, -0.05) is 18.2 Å². The van der Waals surface area contributed by atoms with Crippen LogP contribution < -0.4 is 5.32 Å². The van der Waals surface area contributed by atoms with Crippen LogP contribution in [0.4, 0.5) is 0 Å². The predicted octanol–water partition coefficient (Wildman–Crippen LogP) is 1.44. The van der Waals surface area contributed by atoms with Crippen molar-refractivity contribution in [3.8, 4) is 5.75 Å². The highest BCUT2D eigenvalue weighted by Gasteiger charge is 2.09. The summed E-state index contributed by atoms with van der Waals surface area (Å²) in [6, 6.07) is 7.32. The molecule has 2 atom stereocenters. The van der Waals surface area contributed by atoms with Crippen LogP contribution in [0.15, 0.2) is 24.3 Å². The highest BCUT2D eigenvalue weighted by Crippen LogP contribution is 2.22. The molecule has 96 valence electrons. The van der Waals surface area contributed by atoms with E-state index < -0.39 is 6.10 Å². The van der Waals surface area contributed by atoms with Gasteiger partial charge in [0.15, 0.2) is 0 Å². The summed E-state index contributed by atoms with van der Waals surface area (Å²) in [5.41, 5.74) is 0.869.